The van der Waals surface area contributed by atoms with Crippen LogP contribution in [0, 0.1) is 0 Å². The summed E-state index contributed by atoms with van der Waals surface area (Å²) in [5.74, 6) is 0.827. The van der Waals surface area contributed by atoms with E-state index in [9.17, 15) is 0 Å². The second kappa shape index (κ2) is 10.4. The van der Waals surface area contributed by atoms with Crippen LogP contribution in [0.5, 0.6) is 0 Å². The van der Waals surface area contributed by atoms with Crippen LogP contribution in [0.1, 0.15) is 22.3 Å². The van der Waals surface area contributed by atoms with Crippen molar-refractivity contribution in [1.82, 2.24) is 18.9 Å². The molecule has 2 aliphatic rings. The summed E-state index contributed by atoms with van der Waals surface area (Å²) in [6.07, 6.45) is 0. The Bertz CT molecular complexity index is 3390. The minimum Gasteiger partial charge on any atom is -0.279 e. The molecular weight excluding hydrogens is 669 g/mol. The Morgan fingerprint density at radius 1 is 0.364 bits per heavy atom. The summed E-state index contributed by atoms with van der Waals surface area (Å²) in [6.45, 7) is 0. The second-order valence-electron chi connectivity index (χ2n) is 14.9. The summed E-state index contributed by atoms with van der Waals surface area (Å²) < 4.78 is 4.58. The van der Waals surface area contributed by atoms with Crippen LogP contribution in [0.2, 0.25) is 0 Å². The van der Waals surface area contributed by atoms with Crippen LogP contribution in [-0.2, 0) is 5.41 Å². The fraction of sp³-hybridized carbons (Fsp3) is 0.0196. The van der Waals surface area contributed by atoms with Gasteiger partial charge in [0.15, 0.2) is 0 Å². The molecule has 0 amide bonds. The monoisotopic (exact) mass is 698 g/mol. The highest BCUT2D eigenvalue weighted by atomic mass is 15.2. The predicted octanol–water partition coefficient (Wildman–Crippen LogP) is 12.1. The predicted molar refractivity (Wildman–Crippen MR) is 224 cm³/mol. The van der Waals surface area contributed by atoms with E-state index in [0.717, 1.165) is 50.1 Å². The van der Waals surface area contributed by atoms with Gasteiger partial charge in [0.1, 0.15) is 5.65 Å². The third kappa shape index (κ3) is 3.61. The van der Waals surface area contributed by atoms with Gasteiger partial charge in [-0.05, 0) is 98.1 Å². The van der Waals surface area contributed by atoms with Crippen molar-refractivity contribution < 1.29 is 0 Å². The van der Waals surface area contributed by atoms with Crippen molar-refractivity contribution in [3.8, 4) is 39.3 Å². The lowest BCUT2D eigenvalue weighted by Gasteiger charge is -2.30. The van der Waals surface area contributed by atoms with Crippen molar-refractivity contribution in [2.24, 2.45) is 0 Å². The molecule has 3 heterocycles. The number of rotatable bonds is 2. The lowest BCUT2D eigenvalue weighted by atomic mass is 9.70. The first kappa shape index (κ1) is 29.2. The second-order valence-corrected chi connectivity index (χ2v) is 14.9. The molecule has 1 spiro atoms. The van der Waals surface area contributed by atoms with Crippen molar-refractivity contribution in [3.05, 3.63) is 204 Å². The van der Waals surface area contributed by atoms with Gasteiger partial charge in [0.2, 0.25) is 5.95 Å². The summed E-state index contributed by atoms with van der Waals surface area (Å²) in [6, 6.07) is 66.5. The zero-order valence-electron chi connectivity index (χ0n) is 29.6. The van der Waals surface area contributed by atoms with Gasteiger partial charge in [-0.25, -0.2) is 9.97 Å². The molecule has 8 aromatic carbocycles. The Morgan fingerprint density at radius 2 is 0.891 bits per heavy atom. The molecule has 0 saturated heterocycles. The zero-order valence-corrected chi connectivity index (χ0v) is 29.6. The Morgan fingerprint density at radius 3 is 1.62 bits per heavy atom. The van der Waals surface area contributed by atoms with E-state index in [2.05, 4.69) is 191 Å². The standard InChI is InChI=1S/C51H30N4/c1-6-18-40-33(13-1)34-14-2-7-19-41(34)51(40)42-20-8-3-15-35(42)36-27-25-31(29-43(36)51)32-26-28-38-37-16-5-11-23-46(37)54(48(38)30-32)50-53-44-21-9-4-17-39(44)49-52-45-22-10-12-24-47(45)55(49)50/h1-30H. The molecule has 0 aliphatic heterocycles. The number of aromatic nitrogens is 4. The minimum absolute atomic E-state index is 0.392. The Balaban J connectivity index is 1.10. The molecule has 11 aromatic rings. The van der Waals surface area contributed by atoms with Gasteiger partial charge in [-0.2, -0.15) is 0 Å². The highest BCUT2D eigenvalue weighted by molar-refractivity contribution is 6.10. The molecule has 4 nitrogen and oxygen atoms in total. The summed E-state index contributed by atoms with van der Waals surface area (Å²) in [7, 11) is 0. The molecule has 0 saturated carbocycles. The molecule has 55 heavy (non-hydrogen) atoms. The van der Waals surface area contributed by atoms with Crippen LogP contribution < -0.4 is 0 Å². The third-order valence-corrected chi connectivity index (χ3v) is 12.3. The molecule has 2 aliphatic carbocycles. The first-order chi connectivity index (χ1) is 27.3. The van der Waals surface area contributed by atoms with Gasteiger partial charge in [0, 0.05) is 16.2 Å². The topological polar surface area (TPSA) is 35.1 Å². The molecule has 4 heteroatoms. The van der Waals surface area contributed by atoms with Gasteiger partial charge < -0.3 is 0 Å². The molecule has 0 atom stereocenters. The normalized spacial score (nSPS) is 13.6. The first-order valence-electron chi connectivity index (χ1n) is 18.9. The van der Waals surface area contributed by atoms with Gasteiger partial charge in [-0.1, -0.05) is 140 Å². The zero-order chi connectivity index (χ0) is 35.8. The van der Waals surface area contributed by atoms with Crippen molar-refractivity contribution in [3.63, 3.8) is 0 Å². The van der Waals surface area contributed by atoms with Crippen molar-refractivity contribution in [1.29, 1.82) is 0 Å². The summed E-state index contributed by atoms with van der Waals surface area (Å²) in [5, 5.41) is 3.42. The largest absolute Gasteiger partial charge is 0.279 e. The lowest BCUT2D eigenvalue weighted by Crippen LogP contribution is -2.25. The van der Waals surface area contributed by atoms with Crippen LogP contribution in [-0.4, -0.2) is 18.9 Å². The van der Waals surface area contributed by atoms with Crippen molar-refractivity contribution in [2.75, 3.05) is 0 Å². The van der Waals surface area contributed by atoms with Crippen LogP contribution in [0.15, 0.2) is 182 Å². The Kier molecular flexibility index (Phi) is 5.54. The number of hydrogen-bond donors (Lipinski definition) is 0. The van der Waals surface area contributed by atoms with Crippen LogP contribution in [0.3, 0.4) is 0 Å². The van der Waals surface area contributed by atoms with Gasteiger partial charge >= 0.3 is 0 Å². The summed E-state index contributed by atoms with van der Waals surface area (Å²) >= 11 is 0. The van der Waals surface area contributed by atoms with E-state index < -0.39 is 5.41 Å². The molecule has 0 fully saturated rings. The van der Waals surface area contributed by atoms with Crippen LogP contribution >= 0.6 is 0 Å². The van der Waals surface area contributed by atoms with Crippen LogP contribution in [0.4, 0.5) is 0 Å². The van der Waals surface area contributed by atoms with Crippen molar-refractivity contribution >= 4 is 49.4 Å². The van der Waals surface area contributed by atoms with E-state index in [0.29, 0.717) is 0 Å². The Labute approximate surface area is 316 Å². The molecule has 0 radical (unpaired) electrons. The molecular formula is C51H30N4. The van der Waals surface area contributed by atoms with E-state index >= 15 is 0 Å². The van der Waals surface area contributed by atoms with Gasteiger partial charge in [-0.3, -0.25) is 8.97 Å². The average Bonchev–Trinajstić information content (AvgIpc) is 3.97. The van der Waals surface area contributed by atoms with E-state index in [1.807, 2.05) is 0 Å². The number of imidazole rings is 1. The fourth-order valence-corrected chi connectivity index (χ4v) is 10.1. The summed E-state index contributed by atoms with van der Waals surface area (Å²) in [4.78, 5) is 10.6. The molecule has 0 bridgehead atoms. The number of nitrogens with zero attached hydrogens (tertiary/aromatic N) is 4. The average molecular weight is 699 g/mol. The van der Waals surface area contributed by atoms with Crippen LogP contribution in [0.25, 0.3) is 88.7 Å². The van der Waals surface area contributed by atoms with E-state index in [4.69, 9.17) is 9.97 Å². The number of benzene rings is 8. The fourth-order valence-electron chi connectivity index (χ4n) is 10.1. The molecule has 0 unspecified atom stereocenters. The first-order valence-corrected chi connectivity index (χ1v) is 18.9. The quantitative estimate of drug-likeness (QED) is 0.180. The van der Waals surface area contributed by atoms with E-state index in [-0.39, 0.29) is 0 Å². The molecule has 3 aromatic heterocycles. The highest BCUT2D eigenvalue weighted by Gasteiger charge is 2.51. The smallest absolute Gasteiger partial charge is 0.221 e. The maximum Gasteiger partial charge on any atom is 0.221 e. The lowest BCUT2D eigenvalue weighted by molar-refractivity contribution is 0.794. The maximum atomic E-state index is 5.42. The third-order valence-electron chi connectivity index (χ3n) is 12.3. The molecule has 0 N–H and O–H groups in total. The maximum absolute atomic E-state index is 5.42. The number of para-hydroxylation sites is 4. The van der Waals surface area contributed by atoms with Crippen molar-refractivity contribution in [2.45, 2.75) is 5.41 Å². The number of hydrogen-bond acceptors (Lipinski definition) is 2. The van der Waals surface area contributed by atoms with Gasteiger partial charge in [0.25, 0.3) is 0 Å². The highest BCUT2D eigenvalue weighted by Crippen LogP contribution is 2.63. The van der Waals surface area contributed by atoms with Gasteiger partial charge in [0.05, 0.1) is 33.0 Å². The summed E-state index contributed by atoms with van der Waals surface area (Å²) in [5.41, 5.74) is 18.6. The SMILES string of the molecule is c1ccc2c(c1)-c1ccccc1C21c2ccccc2-c2ccc(-c3ccc4c5ccccc5n(-c5nc6ccccc6c6nc7ccccc7n56)c4c3)cc21. The number of fused-ring (bicyclic) bond motifs is 18. The minimum atomic E-state index is -0.392. The molecule has 254 valence electrons. The van der Waals surface area contributed by atoms with Gasteiger partial charge in [-0.15, -0.1) is 0 Å². The van der Waals surface area contributed by atoms with E-state index in [1.165, 1.54) is 60.8 Å². The molecule has 13 rings (SSSR count). The van der Waals surface area contributed by atoms with E-state index in [1.54, 1.807) is 0 Å². The Hall–Kier alpha value is -7.30.